The maximum atomic E-state index is 13.0. The molecular formula is C27H28ClN3O3. The van der Waals surface area contributed by atoms with Crippen LogP contribution < -0.4 is 5.06 Å². The number of piperazine rings is 1. The van der Waals surface area contributed by atoms with Crippen LogP contribution in [0.25, 0.3) is 0 Å². The first-order valence-corrected chi connectivity index (χ1v) is 11.8. The summed E-state index contributed by atoms with van der Waals surface area (Å²) in [6.07, 6.45) is 1.59. The third-order valence-electron chi connectivity index (χ3n) is 5.97. The fourth-order valence-electron chi connectivity index (χ4n) is 3.93. The number of benzene rings is 3. The highest BCUT2D eigenvalue weighted by Crippen LogP contribution is 2.18. The number of halogens is 1. The molecule has 2 amide bonds. The van der Waals surface area contributed by atoms with E-state index in [2.05, 4.69) is 17.0 Å². The van der Waals surface area contributed by atoms with Crippen LogP contribution in [0.4, 0.5) is 5.69 Å². The predicted octanol–water partition coefficient (Wildman–Crippen LogP) is 4.44. The van der Waals surface area contributed by atoms with Gasteiger partial charge in [0.15, 0.2) is 0 Å². The summed E-state index contributed by atoms with van der Waals surface area (Å²) < 4.78 is 0. The van der Waals surface area contributed by atoms with E-state index in [9.17, 15) is 9.59 Å². The Morgan fingerprint density at radius 3 is 2.21 bits per heavy atom. The third-order valence-corrected chi connectivity index (χ3v) is 6.22. The van der Waals surface area contributed by atoms with Gasteiger partial charge in [0.05, 0.1) is 5.69 Å². The van der Waals surface area contributed by atoms with Crippen molar-refractivity contribution in [2.45, 2.75) is 13.0 Å². The van der Waals surface area contributed by atoms with Crippen LogP contribution in [0.3, 0.4) is 0 Å². The Kier molecular flexibility index (Phi) is 8.31. The molecule has 1 aliphatic heterocycles. The predicted molar refractivity (Wildman–Crippen MR) is 134 cm³/mol. The normalized spacial score (nSPS) is 14.1. The maximum absolute atomic E-state index is 13.0. The van der Waals surface area contributed by atoms with Gasteiger partial charge in [0, 0.05) is 43.3 Å². The Hall–Kier alpha value is -3.19. The lowest BCUT2D eigenvalue weighted by Gasteiger charge is -2.34. The van der Waals surface area contributed by atoms with Crippen molar-refractivity contribution in [2.24, 2.45) is 0 Å². The average Bonchev–Trinajstić information content (AvgIpc) is 2.89. The van der Waals surface area contributed by atoms with E-state index in [1.54, 1.807) is 24.3 Å². The van der Waals surface area contributed by atoms with Crippen molar-refractivity contribution in [2.75, 3.05) is 37.8 Å². The SMILES string of the molecule is O=CN(OCc1ccccc1)c1ccc(C(=O)N2CCN(CCc3ccc(Cl)cc3)CC2)cc1. The van der Waals surface area contributed by atoms with E-state index in [0.29, 0.717) is 30.8 Å². The number of hydroxylamine groups is 1. The molecule has 0 spiro atoms. The fourth-order valence-corrected chi connectivity index (χ4v) is 4.06. The van der Waals surface area contributed by atoms with E-state index in [1.165, 1.54) is 10.6 Å². The van der Waals surface area contributed by atoms with Crippen LogP contribution in [0.2, 0.25) is 5.02 Å². The van der Waals surface area contributed by atoms with E-state index in [-0.39, 0.29) is 12.5 Å². The van der Waals surface area contributed by atoms with Crippen LogP contribution in [-0.4, -0.2) is 54.8 Å². The van der Waals surface area contributed by atoms with Crippen LogP contribution in [0.5, 0.6) is 0 Å². The Morgan fingerprint density at radius 1 is 0.882 bits per heavy atom. The van der Waals surface area contributed by atoms with Gasteiger partial charge < -0.3 is 4.90 Å². The monoisotopic (exact) mass is 477 g/mol. The Balaban J connectivity index is 1.26. The van der Waals surface area contributed by atoms with Crippen molar-refractivity contribution in [1.82, 2.24) is 9.80 Å². The lowest BCUT2D eigenvalue weighted by molar-refractivity contribution is -0.114. The molecule has 176 valence electrons. The molecule has 0 N–H and O–H groups in total. The molecule has 0 aromatic heterocycles. The highest BCUT2D eigenvalue weighted by atomic mass is 35.5. The number of carbonyl (C=O) groups is 2. The van der Waals surface area contributed by atoms with E-state index < -0.39 is 0 Å². The molecule has 0 unspecified atom stereocenters. The fraction of sp³-hybridized carbons (Fsp3) is 0.259. The number of carbonyl (C=O) groups excluding carboxylic acids is 2. The van der Waals surface area contributed by atoms with E-state index in [4.69, 9.17) is 16.4 Å². The summed E-state index contributed by atoms with van der Waals surface area (Å²) in [5.41, 5.74) is 3.41. The standard InChI is InChI=1S/C27H28ClN3O3/c28-25-10-6-22(7-11-25)14-15-29-16-18-30(19-17-29)27(33)24-8-12-26(13-9-24)31(21-32)34-20-23-4-2-1-3-5-23/h1-13,21H,14-20H2. The van der Waals surface area contributed by atoms with Crippen molar-refractivity contribution in [3.63, 3.8) is 0 Å². The largest absolute Gasteiger partial charge is 0.336 e. The van der Waals surface area contributed by atoms with Crippen molar-refractivity contribution in [3.05, 3.63) is 101 Å². The number of rotatable bonds is 9. The first kappa shape index (κ1) is 24.0. The average molecular weight is 478 g/mol. The van der Waals surface area contributed by atoms with Crippen LogP contribution in [0, 0.1) is 0 Å². The summed E-state index contributed by atoms with van der Waals surface area (Å²) in [6, 6.07) is 24.5. The topological polar surface area (TPSA) is 53.1 Å². The summed E-state index contributed by atoms with van der Waals surface area (Å²) in [7, 11) is 0. The summed E-state index contributed by atoms with van der Waals surface area (Å²) in [5, 5.41) is 1.93. The zero-order chi connectivity index (χ0) is 23.8. The van der Waals surface area contributed by atoms with Gasteiger partial charge in [0.25, 0.3) is 5.91 Å². The molecule has 6 nitrogen and oxygen atoms in total. The van der Waals surface area contributed by atoms with Crippen LogP contribution in [0.15, 0.2) is 78.9 Å². The second kappa shape index (κ2) is 11.8. The Bertz CT molecular complexity index is 1070. The van der Waals surface area contributed by atoms with Gasteiger partial charge in [0.2, 0.25) is 6.41 Å². The number of amides is 2. The molecule has 0 saturated carbocycles. The van der Waals surface area contributed by atoms with E-state index in [1.807, 2.05) is 47.4 Å². The van der Waals surface area contributed by atoms with Crippen LogP contribution in [0.1, 0.15) is 21.5 Å². The first-order valence-electron chi connectivity index (χ1n) is 11.4. The molecule has 0 atom stereocenters. The second-order valence-corrected chi connectivity index (χ2v) is 8.68. The molecule has 1 aliphatic rings. The highest BCUT2D eigenvalue weighted by Gasteiger charge is 2.22. The van der Waals surface area contributed by atoms with Crippen molar-refractivity contribution in [1.29, 1.82) is 0 Å². The van der Waals surface area contributed by atoms with E-state index in [0.717, 1.165) is 36.6 Å². The quantitative estimate of drug-likeness (QED) is 0.338. The molecule has 1 fully saturated rings. The van der Waals surface area contributed by atoms with Gasteiger partial charge in [-0.1, -0.05) is 54.1 Å². The summed E-state index contributed by atoms with van der Waals surface area (Å²) in [6.45, 7) is 4.34. The molecule has 0 radical (unpaired) electrons. The molecule has 7 heteroatoms. The van der Waals surface area contributed by atoms with Gasteiger partial charge in [-0.2, -0.15) is 5.06 Å². The molecule has 0 aliphatic carbocycles. The van der Waals surface area contributed by atoms with E-state index >= 15 is 0 Å². The lowest BCUT2D eigenvalue weighted by atomic mass is 10.1. The van der Waals surface area contributed by atoms with Crippen molar-refractivity contribution >= 4 is 29.6 Å². The number of hydrogen-bond donors (Lipinski definition) is 0. The molecule has 3 aromatic carbocycles. The van der Waals surface area contributed by atoms with Gasteiger partial charge in [-0.05, 0) is 53.9 Å². The van der Waals surface area contributed by atoms with Gasteiger partial charge in [-0.15, -0.1) is 0 Å². The molecule has 4 rings (SSSR count). The number of hydrogen-bond acceptors (Lipinski definition) is 4. The third kappa shape index (κ3) is 6.44. The zero-order valence-electron chi connectivity index (χ0n) is 19.0. The Morgan fingerprint density at radius 2 is 1.56 bits per heavy atom. The number of anilines is 1. The van der Waals surface area contributed by atoms with Crippen LogP contribution >= 0.6 is 11.6 Å². The van der Waals surface area contributed by atoms with Gasteiger partial charge in [-0.25, -0.2) is 0 Å². The molecule has 3 aromatic rings. The maximum Gasteiger partial charge on any atom is 0.253 e. The van der Waals surface area contributed by atoms with Gasteiger partial charge in [0.1, 0.15) is 6.61 Å². The van der Waals surface area contributed by atoms with Gasteiger partial charge in [-0.3, -0.25) is 19.3 Å². The van der Waals surface area contributed by atoms with Crippen molar-refractivity contribution in [3.8, 4) is 0 Å². The molecule has 34 heavy (non-hydrogen) atoms. The second-order valence-electron chi connectivity index (χ2n) is 8.25. The minimum atomic E-state index is 0.00626. The smallest absolute Gasteiger partial charge is 0.253 e. The molecular weight excluding hydrogens is 450 g/mol. The Labute approximate surface area is 205 Å². The summed E-state index contributed by atoms with van der Waals surface area (Å²) >= 11 is 5.95. The lowest BCUT2D eigenvalue weighted by Crippen LogP contribution is -2.49. The first-order chi connectivity index (χ1) is 16.6. The highest BCUT2D eigenvalue weighted by molar-refractivity contribution is 6.30. The van der Waals surface area contributed by atoms with Crippen molar-refractivity contribution < 1.29 is 14.4 Å². The minimum absolute atomic E-state index is 0.00626. The summed E-state index contributed by atoms with van der Waals surface area (Å²) in [4.78, 5) is 34.3. The zero-order valence-corrected chi connectivity index (χ0v) is 19.7. The number of nitrogens with zero attached hydrogens (tertiary/aromatic N) is 3. The summed E-state index contributed by atoms with van der Waals surface area (Å²) in [5.74, 6) is 0.00626. The molecule has 1 saturated heterocycles. The molecule has 0 bridgehead atoms. The van der Waals surface area contributed by atoms with Crippen LogP contribution in [-0.2, 0) is 22.7 Å². The minimum Gasteiger partial charge on any atom is -0.336 e. The van der Waals surface area contributed by atoms with Gasteiger partial charge >= 0.3 is 0 Å². The molecule has 1 heterocycles.